The molecular weight excluding hydrogens is 2720 g/mol. The molecule has 10 aromatic carbocycles. The molecule has 20 aliphatic rings. The van der Waals surface area contributed by atoms with Crippen molar-refractivity contribution in [3.05, 3.63) is 433 Å². The van der Waals surface area contributed by atoms with E-state index in [9.17, 15) is 0 Å². The van der Waals surface area contributed by atoms with Crippen LogP contribution >= 0.6 is 0 Å². The molecule has 30 heteroatoms. The molecule has 0 saturated heterocycles. The van der Waals surface area contributed by atoms with Gasteiger partial charge < -0.3 is 122 Å². The minimum atomic E-state index is 0. The van der Waals surface area contributed by atoms with Gasteiger partial charge in [-0.25, -0.2) is 0 Å². The number of hydrogen-bond acceptors (Lipinski definition) is 25. The number of ether oxygens (including phenoxy) is 5. The summed E-state index contributed by atoms with van der Waals surface area (Å²) in [5, 5.41) is 0. The van der Waals surface area contributed by atoms with Crippen LogP contribution in [-0.2, 0) is 105 Å². The van der Waals surface area contributed by atoms with Gasteiger partial charge >= 0.3 is 105 Å². The van der Waals surface area contributed by atoms with E-state index in [1.54, 1.807) is 0 Å². The minimum Gasteiger partial charge on any atom is -0.509 e. The van der Waals surface area contributed by atoms with Gasteiger partial charge in [-0.05, 0) is 188 Å². The van der Waals surface area contributed by atoms with Crippen molar-refractivity contribution in [2.75, 3.05) is 49.0 Å². The van der Waals surface area contributed by atoms with Gasteiger partial charge in [-0.15, -0.1) is 239 Å². The minimum absolute atomic E-state index is 0. The second-order valence-electron chi connectivity index (χ2n) is 37.5. The first-order valence-corrected chi connectivity index (χ1v) is 48.7. The van der Waals surface area contributed by atoms with E-state index in [0.717, 1.165) is 63.3 Å². The molecule has 10 atom stereocenters. The Kier molecular flexibility index (Phi) is 29.8. The van der Waals surface area contributed by atoms with E-state index < -0.39 is 0 Å². The summed E-state index contributed by atoms with van der Waals surface area (Å²) in [4.78, 5) is 44.4. The van der Waals surface area contributed by atoms with Gasteiger partial charge in [0.15, 0.2) is 0 Å². The zero-order chi connectivity index (χ0) is 92.5. The maximum absolute atomic E-state index is 6.09. The number of nitrogens with zero attached hydrogens (tertiary/aromatic N) is 20. The van der Waals surface area contributed by atoms with E-state index in [4.69, 9.17) is 23.7 Å². The Bertz CT molecular complexity index is 6230. The fraction of sp³-hybridized carbons (Fsp3) is 0.217. The molecule has 15 aliphatic heterocycles. The molecule has 145 heavy (non-hydrogen) atoms. The second-order valence-corrected chi connectivity index (χ2v) is 37.5. The number of fused-ring (bicyclic) bond motifs is 65. The van der Waals surface area contributed by atoms with Crippen LogP contribution in [0.3, 0.4) is 0 Å². The molecule has 25 nitrogen and oxygen atoms in total. The Balaban J connectivity index is 0.000000106. The topological polar surface area (TPSA) is 111 Å². The summed E-state index contributed by atoms with van der Waals surface area (Å²) in [7, 11) is 0. The van der Waals surface area contributed by atoms with Crippen molar-refractivity contribution in [2.24, 2.45) is 0 Å². The van der Waals surface area contributed by atoms with E-state index in [-0.39, 0.29) is 105 Å². The van der Waals surface area contributed by atoms with Crippen molar-refractivity contribution in [2.45, 2.75) is 157 Å². The molecule has 0 spiro atoms. The van der Waals surface area contributed by atoms with Crippen molar-refractivity contribution in [3.63, 3.8) is 0 Å². The summed E-state index contributed by atoms with van der Waals surface area (Å²) < 4.78 is 30.3. The van der Waals surface area contributed by atoms with E-state index in [0.29, 0.717) is 118 Å². The molecule has 0 radical (unpaired) electrons. The van der Waals surface area contributed by atoms with E-state index in [2.05, 4.69) is 386 Å². The molecule has 0 N–H and O–H groups in total. The van der Waals surface area contributed by atoms with Crippen LogP contribution in [0.2, 0.25) is 0 Å². The number of anilines is 10. The molecule has 0 aromatic heterocycles. The van der Waals surface area contributed by atoms with Gasteiger partial charge in [-0.3, -0.25) is 0 Å². The summed E-state index contributed by atoms with van der Waals surface area (Å²) in [6.07, 6.45) is 60.9. The molecule has 10 unspecified atom stereocenters. The van der Waals surface area contributed by atoms with Crippen molar-refractivity contribution < 1.29 is 129 Å². The van der Waals surface area contributed by atoms with Crippen LogP contribution in [0.5, 0.6) is 57.5 Å². The molecule has 5 saturated carbocycles. The van der Waals surface area contributed by atoms with Gasteiger partial charge in [0.1, 0.15) is 0 Å². The summed E-state index contributed by atoms with van der Waals surface area (Å²) >= 11 is 0. The smallest absolute Gasteiger partial charge is 0.509 e. The van der Waals surface area contributed by atoms with Crippen LogP contribution in [0.4, 0.5) is 56.9 Å². The second kappa shape index (κ2) is 43.6. The van der Waals surface area contributed by atoms with Gasteiger partial charge in [0, 0.05) is 118 Å². The predicted octanol–water partition coefficient (Wildman–Crippen LogP) is 22.2. The van der Waals surface area contributed by atoms with Crippen LogP contribution in [0.1, 0.15) is 96.3 Å². The summed E-state index contributed by atoms with van der Waals surface area (Å²) in [5.41, 5.74) is 9.66. The van der Waals surface area contributed by atoms with Crippen molar-refractivity contribution in [1.29, 1.82) is 0 Å². The van der Waals surface area contributed by atoms with E-state index >= 15 is 0 Å². The van der Waals surface area contributed by atoms with Gasteiger partial charge in [0.05, 0.1) is 0 Å². The predicted molar refractivity (Wildman–Crippen MR) is 538 cm³/mol. The summed E-state index contributed by atoms with van der Waals surface area (Å²) in [6, 6.07) is 98.0. The van der Waals surface area contributed by atoms with Crippen molar-refractivity contribution in [1.82, 2.24) is 49.0 Å². The summed E-state index contributed by atoms with van der Waals surface area (Å²) in [6.45, 7) is 21.6. The number of rotatable bonds is 0. The van der Waals surface area contributed by atoms with E-state index in [1.165, 1.54) is 89.9 Å². The quantitative estimate of drug-likeness (QED) is 0.134. The first kappa shape index (κ1) is 99.0. The average Bonchev–Trinajstić information content (AvgIpc) is 1.62. The Hall–Kier alpha value is -12.0. The van der Waals surface area contributed by atoms with Crippen LogP contribution in [0, 0.1) is 127 Å². The molecule has 15 heterocycles. The Labute approximate surface area is 923 Å². The fourth-order valence-electron chi connectivity index (χ4n) is 21.5. The van der Waals surface area contributed by atoms with Crippen molar-refractivity contribution >= 4 is 56.9 Å². The number of hydrogen-bond donors (Lipinski definition) is 0. The molecule has 10 aromatic rings. The van der Waals surface area contributed by atoms with Crippen LogP contribution in [0.15, 0.2) is 306 Å². The Morgan fingerprint density at radius 3 is 0.455 bits per heavy atom. The van der Waals surface area contributed by atoms with Crippen molar-refractivity contribution in [3.8, 4) is 57.5 Å². The van der Waals surface area contributed by atoms with Gasteiger partial charge in [0.25, 0.3) is 0 Å². The standard InChI is InChI=1S/C25H24N4O.C24H22N4O.C23H20N4O.C22H18N4O.C21H16N4O.5Pt/c1-2-10-24-25(11-3-1)29-15-13-27(19-29)21-7-5-9-23(17-21)30-22-8-4-6-20(16-22)26-12-14-28(24)18-26;1-2-10-24-23(9-1)27-13-11-25(17-27)19-5-3-7-21(15-19)29-22-8-4-6-20(16-22)26-12-14-28(24)18-26;1-4-18-14-20(6-1)28-21-7-2-5-19(15-21)25-11-13-27(17-25)23-9-3-8-22(23)26-12-10-24(18)16-26;1-3-17-13-19(5-1)27-20-6-2-4-18(14-20)24-10-12-26(16-24)22-8-7-21(22)25-11-9-23(17)15-25;1-3-16-11-18(5-1)26-19-6-2-4-17(12-19)23-8-10-25(15-23)21-13-20(21)24-9-7-22(16)14-24;;;;;/h4-9,12-15,18-19,24-25H,1-3,10-11H2;3-8,11-14,17-18,23-24H,1-2,9-10H2;1-2,4-7,10-13,16-17,22-23H,3,8-9H2;1-6,9-12,15-16,21-22H,7-8H2;1-10,14-15,20-21H,13H2;;;;;/q5*-4;5*+4. The fourth-order valence-corrected chi connectivity index (χ4v) is 21.5. The zero-order valence-electron chi connectivity index (χ0n) is 78.6. The van der Waals surface area contributed by atoms with Gasteiger partial charge in [0.2, 0.25) is 0 Å². The molecule has 740 valence electrons. The average molecular weight is 2820 g/mol. The van der Waals surface area contributed by atoms with Crippen LogP contribution < -0.4 is 72.7 Å². The van der Waals surface area contributed by atoms with Gasteiger partial charge in [-0.1, -0.05) is 32.1 Å². The van der Waals surface area contributed by atoms with Crippen LogP contribution in [0.25, 0.3) is 0 Å². The maximum Gasteiger partial charge on any atom is 4.00 e. The monoisotopic (exact) mass is 2820 g/mol. The number of benzene rings is 10. The van der Waals surface area contributed by atoms with Gasteiger partial charge in [-0.2, -0.15) is 127 Å². The molecule has 30 rings (SSSR count). The largest absolute Gasteiger partial charge is 4.00 e. The third-order valence-electron chi connectivity index (χ3n) is 28.8. The molecule has 40 bridgehead atoms. The SMILES string of the molecule is [Pt+4].[Pt+4].[Pt+4].[Pt+4].[Pt+4].[c-]1c2cccc1N1C=CN([CH-]1)C1CC1N1C=CN([CH-]1)c1[c-]c(ccc1)O2.[c-]1c2cccc1N1C=CN([CH-]1)C1CCC1N1C=CN([CH-]1)c1[c-]c(ccc1)O2.[c-]1c2cccc1N1C=CN([CH-]1)C1CCCC1N1C=CN([CH-]1)c1[c-]c(ccc1)O2.[c-]1c2cccc1N1C=CN([CH-]1)C1CCCCC1N1C=CN([CH-]1)c1[c-]c(ccc1)O2.[c-]1c2cccc1N1C=CN([CH-]1)C1CCCCCC1N1C=CN([CH-]1)c1[c-]c(ccc1)O2. The van der Waals surface area contributed by atoms with Crippen LogP contribution in [-0.4, -0.2) is 109 Å². The molecule has 0 amide bonds. The molecule has 5 aliphatic carbocycles. The third kappa shape index (κ3) is 21.0. The molecule has 5 fully saturated rings. The summed E-state index contributed by atoms with van der Waals surface area (Å²) in [5.74, 6) is 6.82. The Morgan fingerprint density at radius 2 is 0.297 bits per heavy atom. The normalized spacial score (nSPS) is 24.0. The third-order valence-corrected chi connectivity index (χ3v) is 28.8. The Morgan fingerprint density at radius 1 is 0.159 bits per heavy atom. The zero-order valence-corrected chi connectivity index (χ0v) is 89.9. The first-order chi connectivity index (χ1) is 69.2. The van der Waals surface area contributed by atoms with E-state index in [1.807, 2.05) is 146 Å². The molecular formula is C115H100N20O5Pt5. The maximum atomic E-state index is 6.09. The first-order valence-electron chi connectivity index (χ1n) is 48.7.